The molecule has 1 aliphatic carbocycles. The molecule has 5 heteroatoms. The molecule has 0 N–H and O–H groups in total. The van der Waals surface area contributed by atoms with E-state index in [2.05, 4.69) is 4.98 Å². The van der Waals surface area contributed by atoms with Crippen LogP contribution in [0.5, 0.6) is 5.75 Å². The quantitative estimate of drug-likeness (QED) is 0.805. The third kappa shape index (κ3) is 3.96. The summed E-state index contributed by atoms with van der Waals surface area (Å²) in [5.41, 5.74) is 0.805. The van der Waals surface area contributed by atoms with Gasteiger partial charge < -0.3 is 9.64 Å². The van der Waals surface area contributed by atoms with Gasteiger partial charge in [0.1, 0.15) is 22.2 Å². The van der Waals surface area contributed by atoms with E-state index in [1.165, 1.54) is 30.6 Å². The summed E-state index contributed by atoms with van der Waals surface area (Å²) < 4.78 is 5.74. The fraction of sp³-hybridized carbons (Fsp3) is 0.474. The Hall–Kier alpha value is -1.88. The molecule has 0 saturated heterocycles. The van der Waals surface area contributed by atoms with Crippen LogP contribution in [0, 0.1) is 6.92 Å². The lowest BCUT2D eigenvalue weighted by Crippen LogP contribution is -2.38. The topological polar surface area (TPSA) is 42.4 Å². The second kappa shape index (κ2) is 7.79. The van der Waals surface area contributed by atoms with Crippen molar-refractivity contribution in [1.29, 1.82) is 0 Å². The Morgan fingerprint density at radius 1 is 1.25 bits per heavy atom. The summed E-state index contributed by atoms with van der Waals surface area (Å²) in [7, 11) is 1.93. The molecule has 3 rings (SSSR count). The molecular formula is C19H24N2O2S. The highest BCUT2D eigenvalue weighted by molar-refractivity contribution is 7.13. The van der Waals surface area contributed by atoms with Crippen LogP contribution in [-0.4, -0.2) is 28.9 Å². The number of carbonyl (C=O) groups is 1. The molecule has 4 nitrogen and oxygen atoms in total. The maximum atomic E-state index is 12.8. The average Bonchev–Trinajstić information content (AvgIpc) is 3.01. The van der Waals surface area contributed by atoms with E-state index >= 15 is 0 Å². The number of rotatable bonds is 5. The van der Waals surface area contributed by atoms with E-state index in [-0.39, 0.29) is 5.91 Å². The number of para-hydroxylation sites is 1. The Morgan fingerprint density at radius 3 is 2.67 bits per heavy atom. The number of aromatic nitrogens is 1. The van der Waals surface area contributed by atoms with E-state index in [1.807, 2.05) is 49.2 Å². The van der Waals surface area contributed by atoms with Crippen molar-refractivity contribution in [3.63, 3.8) is 0 Å². The Bertz CT molecular complexity index is 678. The molecule has 1 aromatic heterocycles. The van der Waals surface area contributed by atoms with Gasteiger partial charge in [-0.3, -0.25) is 4.79 Å². The fourth-order valence-corrected chi connectivity index (χ4v) is 4.13. The Kier molecular flexibility index (Phi) is 5.51. The lowest BCUT2D eigenvalue weighted by Gasteiger charge is -2.31. The highest BCUT2D eigenvalue weighted by Gasteiger charge is 2.26. The molecule has 0 atom stereocenters. The number of nitrogens with zero attached hydrogens (tertiary/aromatic N) is 2. The summed E-state index contributed by atoms with van der Waals surface area (Å²) in [6, 6.07) is 10.1. The van der Waals surface area contributed by atoms with Crippen LogP contribution >= 0.6 is 11.3 Å². The van der Waals surface area contributed by atoms with Crippen molar-refractivity contribution < 1.29 is 9.53 Å². The summed E-state index contributed by atoms with van der Waals surface area (Å²) in [4.78, 5) is 20.0. The minimum absolute atomic E-state index is 0.0999. The van der Waals surface area contributed by atoms with Gasteiger partial charge in [-0.2, -0.15) is 0 Å². The first kappa shape index (κ1) is 17.0. The van der Waals surface area contributed by atoms with Crippen LogP contribution < -0.4 is 4.74 Å². The Morgan fingerprint density at radius 2 is 1.96 bits per heavy atom. The van der Waals surface area contributed by atoms with Gasteiger partial charge in [-0.1, -0.05) is 37.5 Å². The molecule has 0 spiro atoms. The van der Waals surface area contributed by atoms with Gasteiger partial charge in [0.2, 0.25) is 0 Å². The van der Waals surface area contributed by atoms with Gasteiger partial charge in [-0.15, -0.1) is 11.3 Å². The third-order valence-corrected chi connectivity index (χ3v) is 5.70. The fourth-order valence-electron chi connectivity index (χ4n) is 3.17. The summed E-state index contributed by atoms with van der Waals surface area (Å²) in [6.07, 6.45) is 5.97. The molecule has 24 heavy (non-hydrogen) atoms. The number of aryl methyl sites for hydroxylation is 1. The molecule has 1 fully saturated rings. The number of thiazole rings is 1. The molecule has 2 aromatic rings. The van der Waals surface area contributed by atoms with Crippen molar-refractivity contribution in [2.75, 3.05) is 7.05 Å². The van der Waals surface area contributed by atoms with Crippen molar-refractivity contribution in [1.82, 2.24) is 9.88 Å². The van der Waals surface area contributed by atoms with E-state index in [0.29, 0.717) is 12.6 Å². The number of benzene rings is 1. The van der Waals surface area contributed by atoms with Gasteiger partial charge in [-0.05, 0) is 31.9 Å². The largest absolute Gasteiger partial charge is 0.486 e. The first-order valence-corrected chi connectivity index (χ1v) is 9.38. The lowest BCUT2D eigenvalue weighted by molar-refractivity contribution is 0.0700. The van der Waals surface area contributed by atoms with Crippen LogP contribution in [0.2, 0.25) is 0 Å². The van der Waals surface area contributed by atoms with Gasteiger partial charge in [0.15, 0.2) is 0 Å². The van der Waals surface area contributed by atoms with E-state index in [9.17, 15) is 4.79 Å². The minimum Gasteiger partial charge on any atom is -0.486 e. The molecule has 1 heterocycles. The van der Waals surface area contributed by atoms with Crippen LogP contribution in [-0.2, 0) is 6.61 Å². The molecule has 0 radical (unpaired) electrons. The number of hydrogen-bond donors (Lipinski definition) is 0. The van der Waals surface area contributed by atoms with E-state index in [0.717, 1.165) is 34.2 Å². The molecule has 1 amide bonds. The van der Waals surface area contributed by atoms with Crippen molar-refractivity contribution in [2.45, 2.75) is 51.7 Å². The Balaban J connectivity index is 1.65. The first-order chi connectivity index (χ1) is 11.6. The zero-order valence-corrected chi connectivity index (χ0v) is 15.1. The van der Waals surface area contributed by atoms with Gasteiger partial charge in [0.05, 0.1) is 5.69 Å². The number of ether oxygens (including phenoxy) is 1. The summed E-state index contributed by atoms with van der Waals surface area (Å²) in [6.45, 7) is 2.31. The summed E-state index contributed by atoms with van der Waals surface area (Å²) in [5, 5.41) is 0.844. The van der Waals surface area contributed by atoms with E-state index in [1.54, 1.807) is 0 Å². The zero-order valence-electron chi connectivity index (χ0n) is 14.3. The van der Waals surface area contributed by atoms with Crippen molar-refractivity contribution >= 4 is 17.2 Å². The summed E-state index contributed by atoms with van der Waals surface area (Å²) >= 11 is 1.45. The molecule has 1 aromatic carbocycles. The van der Waals surface area contributed by atoms with Crippen LogP contribution in [0.4, 0.5) is 0 Å². The number of amides is 1. The zero-order chi connectivity index (χ0) is 16.9. The second-order valence-electron chi connectivity index (χ2n) is 6.33. The van der Waals surface area contributed by atoms with Gasteiger partial charge in [0.25, 0.3) is 5.91 Å². The predicted molar refractivity (Wildman–Crippen MR) is 96.6 cm³/mol. The van der Waals surface area contributed by atoms with Crippen LogP contribution in [0.1, 0.15) is 52.5 Å². The molecule has 0 bridgehead atoms. The van der Waals surface area contributed by atoms with Crippen molar-refractivity contribution in [3.05, 3.63) is 45.9 Å². The standard InChI is InChI=1S/C19H24N2O2S/c1-14-18(19(22)21(2)15-9-5-3-6-10-15)24-17(20-14)13-23-16-11-7-4-8-12-16/h4,7-8,11-12,15H,3,5-6,9-10,13H2,1-2H3. The highest BCUT2D eigenvalue weighted by Crippen LogP contribution is 2.26. The summed E-state index contributed by atoms with van der Waals surface area (Å²) in [5.74, 6) is 0.917. The third-order valence-electron chi connectivity index (χ3n) is 4.58. The molecule has 1 saturated carbocycles. The maximum absolute atomic E-state index is 12.8. The molecule has 128 valence electrons. The molecule has 1 aliphatic rings. The average molecular weight is 344 g/mol. The van der Waals surface area contributed by atoms with Gasteiger partial charge in [0, 0.05) is 13.1 Å². The monoisotopic (exact) mass is 344 g/mol. The van der Waals surface area contributed by atoms with Crippen LogP contribution in [0.3, 0.4) is 0 Å². The molecular weight excluding hydrogens is 320 g/mol. The Labute approximate surface area is 147 Å². The van der Waals surface area contributed by atoms with Crippen molar-refractivity contribution in [3.8, 4) is 5.75 Å². The predicted octanol–water partition coefficient (Wildman–Crippen LogP) is 4.44. The smallest absolute Gasteiger partial charge is 0.265 e. The van der Waals surface area contributed by atoms with Crippen LogP contribution in [0.25, 0.3) is 0 Å². The SMILES string of the molecule is Cc1nc(COc2ccccc2)sc1C(=O)N(C)C1CCCCC1. The highest BCUT2D eigenvalue weighted by atomic mass is 32.1. The number of hydrogen-bond acceptors (Lipinski definition) is 4. The second-order valence-corrected chi connectivity index (χ2v) is 7.42. The molecule has 0 unspecified atom stereocenters. The van der Waals surface area contributed by atoms with Gasteiger partial charge >= 0.3 is 0 Å². The molecule has 0 aliphatic heterocycles. The van der Waals surface area contributed by atoms with Crippen molar-refractivity contribution in [2.24, 2.45) is 0 Å². The minimum atomic E-state index is 0.0999. The first-order valence-electron chi connectivity index (χ1n) is 8.56. The van der Waals surface area contributed by atoms with Crippen LogP contribution in [0.15, 0.2) is 30.3 Å². The van der Waals surface area contributed by atoms with Gasteiger partial charge in [-0.25, -0.2) is 4.98 Å². The normalized spacial score (nSPS) is 15.2. The number of carbonyl (C=O) groups excluding carboxylic acids is 1. The van der Waals surface area contributed by atoms with E-state index < -0.39 is 0 Å². The van der Waals surface area contributed by atoms with E-state index in [4.69, 9.17) is 4.74 Å². The maximum Gasteiger partial charge on any atom is 0.265 e. The lowest BCUT2D eigenvalue weighted by atomic mass is 9.94.